The lowest BCUT2D eigenvalue weighted by Crippen LogP contribution is -2.31. The normalized spacial score (nSPS) is 10.1. The Morgan fingerprint density at radius 2 is 2.15 bits per heavy atom. The molecule has 0 saturated carbocycles. The number of benzene rings is 1. The molecule has 0 unspecified atom stereocenters. The van der Waals surface area contributed by atoms with Gasteiger partial charge < -0.3 is 9.64 Å². The molecule has 0 saturated heterocycles. The molecule has 1 aromatic heterocycles. The zero-order valence-electron chi connectivity index (χ0n) is 11.4. The van der Waals surface area contributed by atoms with Gasteiger partial charge in [-0.1, -0.05) is 18.2 Å². The number of aromatic nitrogens is 2. The minimum Gasteiger partial charge on any atom is -0.497 e. The summed E-state index contributed by atoms with van der Waals surface area (Å²) in [6.07, 6.45) is 3.27. The molecule has 0 radical (unpaired) electrons. The summed E-state index contributed by atoms with van der Waals surface area (Å²) in [7, 11) is 1.63. The summed E-state index contributed by atoms with van der Waals surface area (Å²) in [5.41, 5.74) is 1.50. The topological polar surface area (TPSA) is 58.2 Å². The molecule has 2 rings (SSSR count). The van der Waals surface area contributed by atoms with Crippen LogP contribution in [0.25, 0.3) is 0 Å². The number of H-pyrrole nitrogens is 1. The fraction of sp³-hybridized carbons (Fsp3) is 0.200. The lowest BCUT2D eigenvalue weighted by Gasteiger charge is -2.20. The first-order chi connectivity index (χ1) is 9.74. The molecule has 1 amide bonds. The SMILES string of the molecule is C=CCN(Cc1ccc(OC)cc1)C(=O)c1ccn[nH]1. The van der Waals surface area contributed by atoms with Crippen molar-refractivity contribution in [2.75, 3.05) is 13.7 Å². The maximum atomic E-state index is 12.3. The van der Waals surface area contributed by atoms with E-state index in [0.717, 1.165) is 11.3 Å². The van der Waals surface area contributed by atoms with Crippen LogP contribution in [0.5, 0.6) is 5.75 Å². The second-order valence-corrected chi connectivity index (χ2v) is 4.29. The van der Waals surface area contributed by atoms with Gasteiger partial charge in [0.25, 0.3) is 5.91 Å². The van der Waals surface area contributed by atoms with E-state index in [1.165, 1.54) is 0 Å². The van der Waals surface area contributed by atoms with E-state index < -0.39 is 0 Å². The predicted molar refractivity (Wildman–Crippen MR) is 76.5 cm³/mol. The molecule has 0 fully saturated rings. The number of carbonyl (C=O) groups is 1. The number of aromatic amines is 1. The summed E-state index contributed by atoms with van der Waals surface area (Å²) in [5, 5.41) is 6.48. The van der Waals surface area contributed by atoms with E-state index in [9.17, 15) is 4.79 Å². The first-order valence-corrected chi connectivity index (χ1v) is 6.27. The lowest BCUT2D eigenvalue weighted by atomic mass is 10.2. The molecule has 0 spiro atoms. The number of nitrogens with one attached hydrogen (secondary N) is 1. The van der Waals surface area contributed by atoms with Crippen molar-refractivity contribution in [3.8, 4) is 5.75 Å². The highest BCUT2D eigenvalue weighted by molar-refractivity contribution is 5.92. The fourth-order valence-corrected chi connectivity index (χ4v) is 1.87. The maximum absolute atomic E-state index is 12.3. The summed E-state index contributed by atoms with van der Waals surface area (Å²) < 4.78 is 5.12. The zero-order valence-corrected chi connectivity index (χ0v) is 11.4. The van der Waals surface area contributed by atoms with Crippen molar-refractivity contribution >= 4 is 5.91 Å². The minimum atomic E-state index is -0.0989. The molecule has 0 aliphatic heterocycles. The summed E-state index contributed by atoms with van der Waals surface area (Å²) >= 11 is 0. The third-order valence-electron chi connectivity index (χ3n) is 2.90. The van der Waals surface area contributed by atoms with Gasteiger partial charge in [0.1, 0.15) is 11.4 Å². The molecule has 0 atom stereocenters. The molecule has 0 aliphatic carbocycles. The highest BCUT2D eigenvalue weighted by atomic mass is 16.5. The molecule has 104 valence electrons. The number of methoxy groups -OCH3 is 1. The molecule has 20 heavy (non-hydrogen) atoms. The van der Waals surface area contributed by atoms with Gasteiger partial charge in [-0.05, 0) is 23.8 Å². The van der Waals surface area contributed by atoms with Crippen molar-refractivity contribution in [2.45, 2.75) is 6.54 Å². The van der Waals surface area contributed by atoms with E-state index in [0.29, 0.717) is 18.8 Å². The Labute approximate surface area is 117 Å². The summed E-state index contributed by atoms with van der Waals surface area (Å²) in [6, 6.07) is 9.29. The standard InChI is InChI=1S/C15H17N3O2/c1-3-10-18(15(19)14-8-9-16-17-14)11-12-4-6-13(20-2)7-5-12/h3-9H,1,10-11H2,2H3,(H,16,17). The summed E-state index contributed by atoms with van der Waals surface area (Å²) in [4.78, 5) is 14.0. The van der Waals surface area contributed by atoms with Crippen LogP contribution < -0.4 is 4.74 Å². The molecule has 5 heteroatoms. The van der Waals surface area contributed by atoms with Gasteiger partial charge >= 0.3 is 0 Å². The molecular formula is C15H17N3O2. The number of amides is 1. The van der Waals surface area contributed by atoms with Gasteiger partial charge in [-0.25, -0.2) is 0 Å². The van der Waals surface area contributed by atoms with Crippen LogP contribution in [0.2, 0.25) is 0 Å². The largest absolute Gasteiger partial charge is 0.497 e. The number of hydrogen-bond acceptors (Lipinski definition) is 3. The van der Waals surface area contributed by atoms with E-state index >= 15 is 0 Å². The van der Waals surface area contributed by atoms with Crippen LogP contribution in [0.4, 0.5) is 0 Å². The molecule has 1 aromatic carbocycles. The third-order valence-corrected chi connectivity index (χ3v) is 2.90. The van der Waals surface area contributed by atoms with Crippen LogP contribution in [-0.2, 0) is 6.54 Å². The van der Waals surface area contributed by atoms with Crippen LogP contribution in [0, 0.1) is 0 Å². The quantitative estimate of drug-likeness (QED) is 0.820. The molecule has 5 nitrogen and oxygen atoms in total. The van der Waals surface area contributed by atoms with Gasteiger partial charge in [0.2, 0.25) is 0 Å². The maximum Gasteiger partial charge on any atom is 0.272 e. The van der Waals surface area contributed by atoms with Gasteiger partial charge in [-0.3, -0.25) is 9.89 Å². The molecule has 0 bridgehead atoms. The van der Waals surface area contributed by atoms with Crippen molar-refractivity contribution in [2.24, 2.45) is 0 Å². The van der Waals surface area contributed by atoms with Crippen LogP contribution >= 0.6 is 0 Å². The highest BCUT2D eigenvalue weighted by Crippen LogP contribution is 2.14. The van der Waals surface area contributed by atoms with Crippen molar-refractivity contribution < 1.29 is 9.53 Å². The van der Waals surface area contributed by atoms with Gasteiger partial charge in [0.15, 0.2) is 0 Å². The molecule has 0 aliphatic rings. The molecular weight excluding hydrogens is 254 g/mol. The van der Waals surface area contributed by atoms with Crippen molar-refractivity contribution in [3.63, 3.8) is 0 Å². The Balaban J connectivity index is 2.12. The zero-order chi connectivity index (χ0) is 14.4. The Morgan fingerprint density at radius 1 is 1.40 bits per heavy atom. The van der Waals surface area contributed by atoms with Crippen LogP contribution in [-0.4, -0.2) is 34.7 Å². The summed E-state index contributed by atoms with van der Waals surface area (Å²) in [6.45, 7) is 4.68. The number of rotatable bonds is 6. The Kier molecular flexibility index (Phi) is 4.55. The monoisotopic (exact) mass is 271 g/mol. The Bertz CT molecular complexity index is 561. The second-order valence-electron chi connectivity index (χ2n) is 4.29. The average Bonchev–Trinajstić information content (AvgIpc) is 3.01. The lowest BCUT2D eigenvalue weighted by molar-refractivity contribution is 0.0757. The minimum absolute atomic E-state index is 0.0989. The fourth-order valence-electron chi connectivity index (χ4n) is 1.87. The van der Waals surface area contributed by atoms with Gasteiger partial charge in [-0.15, -0.1) is 6.58 Å². The van der Waals surface area contributed by atoms with Crippen molar-refractivity contribution in [1.29, 1.82) is 0 Å². The molecule has 2 aromatic rings. The Hall–Kier alpha value is -2.56. The smallest absolute Gasteiger partial charge is 0.272 e. The van der Waals surface area contributed by atoms with Crippen LogP contribution in [0.3, 0.4) is 0 Å². The van der Waals surface area contributed by atoms with Crippen LogP contribution in [0.15, 0.2) is 49.2 Å². The van der Waals surface area contributed by atoms with E-state index in [1.807, 2.05) is 24.3 Å². The summed E-state index contributed by atoms with van der Waals surface area (Å²) in [5.74, 6) is 0.696. The Morgan fingerprint density at radius 3 is 2.70 bits per heavy atom. The first kappa shape index (κ1) is 13.9. The second kappa shape index (κ2) is 6.56. The number of hydrogen-bond donors (Lipinski definition) is 1. The van der Waals surface area contributed by atoms with Gasteiger partial charge in [-0.2, -0.15) is 5.10 Å². The number of ether oxygens (including phenoxy) is 1. The van der Waals surface area contributed by atoms with E-state index in [2.05, 4.69) is 16.8 Å². The van der Waals surface area contributed by atoms with Crippen molar-refractivity contribution in [3.05, 3.63) is 60.4 Å². The van der Waals surface area contributed by atoms with E-state index in [1.54, 1.807) is 30.3 Å². The van der Waals surface area contributed by atoms with Gasteiger partial charge in [0, 0.05) is 19.3 Å². The molecule has 1 N–H and O–H groups in total. The molecule has 1 heterocycles. The van der Waals surface area contributed by atoms with Gasteiger partial charge in [0.05, 0.1) is 7.11 Å². The van der Waals surface area contributed by atoms with Crippen molar-refractivity contribution in [1.82, 2.24) is 15.1 Å². The number of nitrogens with zero attached hydrogens (tertiary/aromatic N) is 2. The van der Waals surface area contributed by atoms with E-state index in [-0.39, 0.29) is 5.91 Å². The number of carbonyl (C=O) groups excluding carboxylic acids is 1. The average molecular weight is 271 g/mol. The van der Waals surface area contributed by atoms with Crippen LogP contribution in [0.1, 0.15) is 16.1 Å². The predicted octanol–water partition coefficient (Wildman–Crippen LogP) is 2.25. The first-order valence-electron chi connectivity index (χ1n) is 6.27. The van der Waals surface area contributed by atoms with E-state index in [4.69, 9.17) is 4.74 Å². The third kappa shape index (κ3) is 3.26. The highest BCUT2D eigenvalue weighted by Gasteiger charge is 2.16.